The molecule has 1 N–H and O–H groups in total. The third kappa shape index (κ3) is 6.55. The van der Waals surface area contributed by atoms with E-state index in [-0.39, 0.29) is 31.2 Å². The second-order valence-corrected chi connectivity index (χ2v) is 6.87. The molecule has 30 heavy (non-hydrogen) atoms. The van der Waals surface area contributed by atoms with Crippen molar-refractivity contribution in [2.75, 3.05) is 13.2 Å². The molecular formula is C23H23FN2O4. The summed E-state index contributed by atoms with van der Waals surface area (Å²) in [7, 11) is 0. The quantitative estimate of drug-likeness (QED) is 0.545. The molecule has 1 aromatic heterocycles. The zero-order valence-electron chi connectivity index (χ0n) is 16.7. The number of rotatable bonds is 9. The van der Waals surface area contributed by atoms with Crippen LogP contribution in [0.15, 0.2) is 59.1 Å². The summed E-state index contributed by atoms with van der Waals surface area (Å²) in [5.74, 6) is -0.113. The van der Waals surface area contributed by atoms with E-state index in [2.05, 4.69) is 10.3 Å². The predicted molar refractivity (Wildman–Crippen MR) is 109 cm³/mol. The van der Waals surface area contributed by atoms with Crippen molar-refractivity contribution in [3.8, 4) is 11.3 Å². The number of esters is 1. The molecule has 0 unspecified atom stereocenters. The molecule has 0 radical (unpaired) electrons. The maximum Gasteiger partial charge on any atom is 0.306 e. The number of aromatic nitrogens is 1. The smallest absolute Gasteiger partial charge is 0.306 e. The van der Waals surface area contributed by atoms with Gasteiger partial charge in [-0.3, -0.25) is 9.59 Å². The van der Waals surface area contributed by atoms with Crippen LogP contribution in [0.5, 0.6) is 0 Å². The first-order valence-corrected chi connectivity index (χ1v) is 9.68. The highest BCUT2D eigenvalue weighted by Crippen LogP contribution is 2.21. The molecule has 3 rings (SSSR count). The van der Waals surface area contributed by atoms with E-state index in [0.29, 0.717) is 24.6 Å². The number of ether oxygens (including phenoxy) is 1. The minimum absolute atomic E-state index is 0.0662. The molecule has 0 aliphatic carbocycles. The number of halogens is 1. The summed E-state index contributed by atoms with van der Waals surface area (Å²) in [6.07, 6.45) is 2.54. The topological polar surface area (TPSA) is 81.4 Å². The van der Waals surface area contributed by atoms with Crippen molar-refractivity contribution < 1.29 is 23.1 Å². The monoisotopic (exact) mass is 410 g/mol. The summed E-state index contributed by atoms with van der Waals surface area (Å²) in [6.45, 7) is 2.04. The van der Waals surface area contributed by atoms with Gasteiger partial charge < -0.3 is 14.5 Å². The van der Waals surface area contributed by atoms with Gasteiger partial charge in [0.05, 0.1) is 12.6 Å². The first-order valence-electron chi connectivity index (χ1n) is 9.68. The normalized spacial score (nSPS) is 10.6. The lowest BCUT2D eigenvalue weighted by atomic mass is 10.1. The number of hydrogen-bond acceptors (Lipinski definition) is 5. The maximum atomic E-state index is 12.8. The minimum Gasteiger partial charge on any atom is -0.456 e. The first kappa shape index (κ1) is 21.2. The summed E-state index contributed by atoms with van der Waals surface area (Å²) in [6, 6.07) is 13.9. The van der Waals surface area contributed by atoms with Crippen molar-refractivity contribution in [1.82, 2.24) is 10.3 Å². The van der Waals surface area contributed by atoms with Crippen LogP contribution in [0.3, 0.4) is 0 Å². The Morgan fingerprint density at radius 2 is 1.80 bits per heavy atom. The number of oxazole rings is 1. The number of nitrogens with one attached hydrogen (secondary N) is 1. The highest BCUT2D eigenvalue weighted by Gasteiger charge is 2.11. The average molecular weight is 410 g/mol. The van der Waals surface area contributed by atoms with Gasteiger partial charge in [0.15, 0.2) is 18.3 Å². The van der Waals surface area contributed by atoms with Crippen molar-refractivity contribution in [1.29, 1.82) is 0 Å². The van der Waals surface area contributed by atoms with Crippen LogP contribution >= 0.6 is 0 Å². The molecule has 1 amide bonds. The van der Waals surface area contributed by atoms with Crippen LogP contribution in [0, 0.1) is 12.7 Å². The SMILES string of the molecule is Cc1ccc(-c2cnc(CCC(=O)OCC(=O)NCCc3ccc(F)cc3)o2)cc1. The number of amides is 1. The molecule has 7 heteroatoms. The van der Waals surface area contributed by atoms with Gasteiger partial charge in [0.25, 0.3) is 5.91 Å². The maximum absolute atomic E-state index is 12.8. The molecule has 0 aliphatic heterocycles. The molecule has 0 spiro atoms. The lowest BCUT2D eigenvalue weighted by molar-refractivity contribution is -0.148. The first-order chi connectivity index (χ1) is 14.5. The van der Waals surface area contributed by atoms with E-state index < -0.39 is 5.97 Å². The number of aryl methyl sites for hydroxylation is 2. The zero-order valence-corrected chi connectivity index (χ0v) is 16.7. The Bertz CT molecular complexity index is 981. The molecule has 6 nitrogen and oxygen atoms in total. The number of nitrogens with zero attached hydrogens (tertiary/aromatic N) is 1. The fourth-order valence-electron chi connectivity index (χ4n) is 2.75. The van der Waals surface area contributed by atoms with Gasteiger partial charge in [-0.15, -0.1) is 0 Å². The Hall–Kier alpha value is -3.48. The van der Waals surface area contributed by atoms with Crippen LogP contribution in [0.2, 0.25) is 0 Å². The molecule has 0 bridgehead atoms. The second-order valence-electron chi connectivity index (χ2n) is 6.87. The van der Waals surface area contributed by atoms with Crippen LogP contribution in [0.1, 0.15) is 23.4 Å². The summed E-state index contributed by atoms with van der Waals surface area (Å²) >= 11 is 0. The van der Waals surface area contributed by atoms with Gasteiger partial charge >= 0.3 is 5.97 Å². The van der Waals surface area contributed by atoms with Gasteiger partial charge in [-0.2, -0.15) is 0 Å². The molecule has 0 aliphatic rings. The van der Waals surface area contributed by atoms with E-state index in [9.17, 15) is 14.0 Å². The van der Waals surface area contributed by atoms with Crippen molar-refractivity contribution in [3.63, 3.8) is 0 Å². The standard InChI is InChI=1S/C23H23FN2O4/c1-16-2-6-18(7-3-16)20-14-26-22(30-20)10-11-23(28)29-15-21(27)25-13-12-17-4-8-19(24)9-5-17/h2-9,14H,10-13,15H2,1H3,(H,25,27). The molecular weight excluding hydrogens is 387 g/mol. The van der Waals surface area contributed by atoms with Crippen LogP contribution in [-0.4, -0.2) is 30.0 Å². The van der Waals surface area contributed by atoms with Crippen molar-refractivity contribution >= 4 is 11.9 Å². The summed E-state index contributed by atoms with van der Waals surface area (Å²) in [5.41, 5.74) is 2.98. The number of carbonyl (C=O) groups is 2. The lowest BCUT2D eigenvalue weighted by Crippen LogP contribution is -2.30. The molecule has 3 aromatic rings. The molecule has 0 saturated carbocycles. The van der Waals surface area contributed by atoms with Crippen LogP contribution in [-0.2, 0) is 27.2 Å². The van der Waals surface area contributed by atoms with Crippen molar-refractivity contribution in [3.05, 3.63) is 77.6 Å². The number of carbonyl (C=O) groups excluding carboxylic acids is 2. The fraction of sp³-hybridized carbons (Fsp3) is 0.261. The van der Waals surface area contributed by atoms with Gasteiger partial charge in [-0.05, 0) is 31.0 Å². The Kier molecular flexibility index (Phi) is 7.32. The van der Waals surface area contributed by atoms with Crippen LogP contribution < -0.4 is 5.32 Å². The van der Waals surface area contributed by atoms with Gasteiger partial charge in [-0.1, -0.05) is 42.0 Å². The van der Waals surface area contributed by atoms with Crippen molar-refractivity contribution in [2.45, 2.75) is 26.2 Å². The van der Waals surface area contributed by atoms with Crippen molar-refractivity contribution in [2.24, 2.45) is 0 Å². The molecule has 0 fully saturated rings. The molecule has 156 valence electrons. The Labute approximate surface area is 174 Å². The molecule has 2 aromatic carbocycles. The van der Waals surface area contributed by atoms with E-state index in [1.807, 2.05) is 31.2 Å². The van der Waals surface area contributed by atoms with Gasteiger partial charge in [-0.25, -0.2) is 9.37 Å². The minimum atomic E-state index is -0.501. The number of benzene rings is 2. The zero-order chi connectivity index (χ0) is 21.3. The third-order valence-corrected chi connectivity index (χ3v) is 4.45. The largest absolute Gasteiger partial charge is 0.456 e. The average Bonchev–Trinajstić information content (AvgIpc) is 3.22. The van der Waals surface area contributed by atoms with Gasteiger partial charge in [0.2, 0.25) is 0 Å². The van der Waals surface area contributed by atoms with E-state index in [1.54, 1.807) is 18.3 Å². The predicted octanol–water partition coefficient (Wildman–Crippen LogP) is 3.62. The molecule has 0 atom stereocenters. The Balaban J connectivity index is 1.34. The van der Waals surface area contributed by atoms with Gasteiger partial charge in [0, 0.05) is 18.5 Å². The van der Waals surface area contributed by atoms with E-state index in [1.165, 1.54) is 12.1 Å². The Morgan fingerprint density at radius 1 is 1.07 bits per heavy atom. The lowest BCUT2D eigenvalue weighted by Gasteiger charge is -2.06. The van der Waals surface area contributed by atoms with Crippen LogP contribution in [0.4, 0.5) is 4.39 Å². The van der Waals surface area contributed by atoms with E-state index >= 15 is 0 Å². The van der Waals surface area contributed by atoms with Crippen LogP contribution in [0.25, 0.3) is 11.3 Å². The summed E-state index contributed by atoms with van der Waals surface area (Å²) < 4.78 is 23.5. The van der Waals surface area contributed by atoms with Gasteiger partial charge in [0.1, 0.15) is 5.82 Å². The fourth-order valence-corrected chi connectivity index (χ4v) is 2.75. The molecule has 0 saturated heterocycles. The van der Waals surface area contributed by atoms with E-state index in [4.69, 9.17) is 9.15 Å². The van der Waals surface area contributed by atoms with E-state index in [0.717, 1.165) is 16.7 Å². The third-order valence-electron chi connectivity index (χ3n) is 4.45. The summed E-state index contributed by atoms with van der Waals surface area (Å²) in [5, 5.41) is 2.66. The Morgan fingerprint density at radius 3 is 2.53 bits per heavy atom. The highest BCUT2D eigenvalue weighted by atomic mass is 19.1. The second kappa shape index (κ2) is 10.3. The summed E-state index contributed by atoms with van der Waals surface area (Å²) in [4.78, 5) is 27.8. The molecule has 1 heterocycles. The number of hydrogen-bond donors (Lipinski definition) is 1. The highest BCUT2D eigenvalue weighted by molar-refractivity contribution is 5.80.